The van der Waals surface area contributed by atoms with Crippen LogP contribution < -0.4 is 5.06 Å². The van der Waals surface area contributed by atoms with E-state index < -0.39 is 16.8 Å². The minimum absolute atomic E-state index is 0.180. The summed E-state index contributed by atoms with van der Waals surface area (Å²) in [5.74, 6) is -1.31. The van der Waals surface area contributed by atoms with Crippen molar-refractivity contribution in [2.45, 2.75) is 13.3 Å². The Labute approximate surface area is 167 Å². The predicted molar refractivity (Wildman–Crippen MR) is 107 cm³/mol. The Morgan fingerprint density at radius 3 is 2.34 bits per heavy atom. The van der Waals surface area contributed by atoms with E-state index in [2.05, 4.69) is 0 Å². The number of aryl methyl sites for hydroxylation is 1. The van der Waals surface area contributed by atoms with Crippen LogP contribution in [0.1, 0.15) is 21.5 Å². The molecule has 0 saturated heterocycles. The number of hydroxylamine groups is 1. The summed E-state index contributed by atoms with van der Waals surface area (Å²) < 4.78 is 0. The molecular formula is C22H18N2O5. The first-order valence-electron chi connectivity index (χ1n) is 8.85. The van der Waals surface area contributed by atoms with Crippen LogP contribution in [0.5, 0.6) is 0 Å². The van der Waals surface area contributed by atoms with Gasteiger partial charge in [-0.3, -0.25) is 14.9 Å². The van der Waals surface area contributed by atoms with Gasteiger partial charge in [-0.05, 0) is 36.8 Å². The van der Waals surface area contributed by atoms with Gasteiger partial charge in [0, 0.05) is 17.2 Å². The van der Waals surface area contributed by atoms with E-state index in [4.69, 9.17) is 4.84 Å². The molecule has 7 nitrogen and oxygen atoms in total. The lowest BCUT2D eigenvalue weighted by Gasteiger charge is -2.21. The molecule has 0 fully saturated rings. The van der Waals surface area contributed by atoms with Gasteiger partial charge in [0.05, 0.1) is 17.0 Å². The number of nitrogens with zero attached hydrogens (tertiary/aromatic N) is 2. The fourth-order valence-corrected chi connectivity index (χ4v) is 2.79. The molecule has 0 aliphatic heterocycles. The highest BCUT2D eigenvalue weighted by Crippen LogP contribution is 2.22. The molecule has 0 aliphatic rings. The van der Waals surface area contributed by atoms with Gasteiger partial charge in [-0.1, -0.05) is 48.5 Å². The lowest BCUT2D eigenvalue weighted by atomic mass is 10.1. The number of para-hydroxylation sites is 1. The molecule has 0 radical (unpaired) electrons. The Morgan fingerprint density at radius 1 is 0.966 bits per heavy atom. The van der Waals surface area contributed by atoms with E-state index in [0.29, 0.717) is 11.3 Å². The molecule has 0 spiro atoms. The number of nitro groups is 1. The number of hydrogen-bond acceptors (Lipinski definition) is 5. The van der Waals surface area contributed by atoms with Gasteiger partial charge in [0.25, 0.3) is 11.6 Å². The number of anilines is 1. The molecule has 29 heavy (non-hydrogen) atoms. The number of carbonyl (C=O) groups excluding carboxylic acids is 2. The van der Waals surface area contributed by atoms with Gasteiger partial charge in [0.15, 0.2) is 0 Å². The third-order valence-corrected chi connectivity index (χ3v) is 4.16. The number of amides is 1. The quantitative estimate of drug-likeness (QED) is 0.480. The molecule has 0 atom stereocenters. The van der Waals surface area contributed by atoms with Crippen LogP contribution in [0.3, 0.4) is 0 Å². The zero-order valence-corrected chi connectivity index (χ0v) is 15.6. The summed E-state index contributed by atoms with van der Waals surface area (Å²) in [5, 5.41) is 12.1. The molecule has 0 heterocycles. The highest BCUT2D eigenvalue weighted by atomic mass is 16.7. The third-order valence-electron chi connectivity index (χ3n) is 4.16. The predicted octanol–water partition coefficient (Wildman–Crippen LogP) is 4.25. The van der Waals surface area contributed by atoms with Crippen LogP contribution in [0.2, 0.25) is 0 Å². The largest absolute Gasteiger partial charge is 0.337 e. The molecule has 3 aromatic carbocycles. The second-order valence-electron chi connectivity index (χ2n) is 6.33. The smallest absolute Gasteiger partial charge is 0.333 e. The standard InChI is InChI=1S/C22H18N2O5/c1-16-8-7-12-19(14-16)23(22(26)17-9-3-2-4-10-17)29-21(25)15-18-11-5-6-13-20(18)24(27)28/h2-14H,15H2,1H3. The molecule has 0 N–H and O–H groups in total. The Balaban J connectivity index is 1.88. The van der Waals surface area contributed by atoms with E-state index in [0.717, 1.165) is 10.6 Å². The van der Waals surface area contributed by atoms with Gasteiger partial charge in [0.1, 0.15) is 0 Å². The van der Waals surface area contributed by atoms with Crippen molar-refractivity contribution >= 4 is 23.3 Å². The summed E-state index contributed by atoms with van der Waals surface area (Å²) in [6.07, 6.45) is -0.346. The summed E-state index contributed by atoms with van der Waals surface area (Å²) >= 11 is 0. The molecule has 0 saturated carbocycles. The van der Waals surface area contributed by atoms with Crippen LogP contribution in [0, 0.1) is 17.0 Å². The highest BCUT2D eigenvalue weighted by Gasteiger charge is 2.24. The third kappa shape index (κ3) is 4.84. The fourth-order valence-electron chi connectivity index (χ4n) is 2.79. The number of hydrogen-bond donors (Lipinski definition) is 0. The van der Waals surface area contributed by atoms with Crippen LogP contribution in [-0.4, -0.2) is 16.8 Å². The van der Waals surface area contributed by atoms with Crippen molar-refractivity contribution in [2.75, 3.05) is 5.06 Å². The van der Waals surface area contributed by atoms with Gasteiger partial charge >= 0.3 is 5.97 Å². The van der Waals surface area contributed by atoms with E-state index in [1.165, 1.54) is 18.2 Å². The number of carbonyl (C=O) groups is 2. The van der Waals surface area contributed by atoms with E-state index >= 15 is 0 Å². The molecule has 0 aliphatic carbocycles. The molecule has 0 bridgehead atoms. The van der Waals surface area contributed by atoms with Gasteiger partial charge in [-0.15, -0.1) is 5.06 Å². The van der Waals surface area contributed by atoms with Gasteiger partial charge < -0.3 is 4.84 Å². The van der Waals surface area contributed by atoms with Crippen molar-refractivity contribution in [2.24, 2.45) is 0 Å². The maximum absolute atomic E-state index is 13.0. The van der Waals surface area contributed by atoms with Gasteiger partial charge in [-0.2, -0.15) is 0 Å². The minimum atomic E-state index is -0.787. The maximum atomic E-state index is 13.0. The van der Waals surface area contributed by atoms with Crippen LogP contribution >= 0.6 is 0 Å². The van der Waals surface area contributed by atoms with E-state index in [1.807, 2.05) is 13.0 Å². The Bertz CT molecular complexity index is 1050. The van der Waals surface area contributed by atoms with Crippen molar-refractivity contribution in [3.05, 3.63) is 106 Å². The van der Waals surface area contributed by atoms with Crippen molar-refractivity contribution < 1.29 is 19.3 Å². The monoisotopic (exact) mass is 390 g/mol. The SMILES string of the molecule is Cc1cccc(N(OC(=O)Cc2ccccc2[N+](=O)[O-])C(=O)c2ccccc2)c1. The minimum Gasteiger partial charge on any atom is -0.333 e. The highest BCUT2D eigenvalue weighted by molar-refractivity contribution is 6.05. The first kappa shape index (κ1) is 19.8. The van der Waals surface area contributed by atoms with Gasteiger partial charge in [0.2, 0.25) is 0 Å². The van der Waals surface area contributed by atoms with E-state index in [9.17, 15) is 19.7 Å². The lowest BCUT2D eigenvalue weighted by Crippen LogP contribution is -2.34. The fraction of sp³-hybridized carbons (Fsp3) is 0.0909. The zero-order chi connectivity index (χ0) is 20.8. The van der Waals surface area contributed by atoms with Crippen molar-refractivity contribution in [1.82, 2.24) is 0 Å². The van der Waals surface area contributed by atoms with Crippen molar-refractivity contribution in [1.29, 1.82) is 0 Å². The van der Waals surface area contributed by atoms with E-state index in [1.54, 1.807) is 54.6 Å². The average Bonchev–Trinajstić information content (AvgIpc) is 2.72. The second kappa shape index (κ2) is 8.79. The van der Waals surface area contributed by atoms with Crippen LogP contribution in [-0.2, 0) is 16.1 Å². The molecule has 0 unspecified atom stereocenters. The van der Waals surface area contributed by atoms with Crippen molar-refractivity contribution in [3.8, 4) is 0 Å². The Hall–Kier alpha value is -4.00. The Morgan fingerprint density at radius 2 is 1.66 bits per heavy atom. The molecular weight excluding hydrogens is 372 g/mol. The second-order valence-corrected chi connectivity index (χ2v) is 6.33. The number of nitro benzene ring substituents is 1. The van der Waals surface area contributed by atoms with E-state index in [-0.39, 0.29) is 17.7 Å². The summed E-state index contributed by atoms with van der Waals surface area (Å²) in [6, 6.07) is 21.3. The number of benzene rings is 3. The average molecular weight is 390 g/mol. The Kier molecular flexibility index (Phi) is 5.99. The molecule has 0 aromatic heterocycles. The summed E-state index contributed by atoms with van der Waals surface area (Å²) in [5.41, 5.74) is 1.63. The summed E-state index contributed by atoms with van der Waals surface area (Å²) in [4.78, 5) is 41.5. The summed E-state index contributed by atoms with van der Waals surface area (Å²) in [7, 11) is 0. The topological polar surface area (TPSA) is 89.8 Å². The molecule has 146 valence electrons. The molecule has 1 amide bonds. The van der Waals surface area contributed by atoms with Crippen molar-refractivity contribution in [3.63, 3.8) is 0 Å². The molecule has 7 heteroatoms. The maximum Gasteiger partial charge on any atom is 0.337 e. The molecule has 3 aromatic rings. The zero-order valence-electron chi connectivity index (χ0n) is 15.6. The first-order chi connectivity index (χ1) is 14.0. The van der Waals surface area contributed by atoms with Crippen LogP contribution in [0.4, 0.5) is 11.4 Å². The summed E-state index contributed by atoms with van der Waals surface area (Å²) in [6.45, 7) is 1.85. The number of rotatable bonds is 5. The van der Waals surface area contributed by atoms with Crippen LogP contribution in [0.25, 0.3) is 0 Å². The molecule has 3 rings (SSSR count). The van der Waals surface area contributed by atoms with Crippen LogP contribution in [0.15, 0.2) is 78.9 Å². The van der Waals surface area contributed by atoms with Gasteiger partial charge in [-0.25, -0.2) is 4.79 Å². The first-order valence-corrected chi connectivity index (χ1v) is 8.85. The normalized spacial score (nSPS) is 10.2. The lowest BCUT2D eigenvalue weighted by molar-refractivity contribution is -0.385.